The molecule has 0 radical (unpaired) electrons. The summed E-state index contributed by atoms with van der Waals surface area (Å²) >= 11 is 11.5. The van der Waals surface area contributed by atoms with Gasteiger partial charge in [-0.1, -0.05) is 60.0 Å². The fraction of sp³-hybridized carbons (Fsp3) is 0.250. The molecule has 0 saturated heterocycles. The van der Waals surface area contributed by atoms with Crippen LogP contribution in [0.1, 0.15) is 38.2 Å². The second-order valence-corrected chi connectivity index (χ2v) is 7.28. The number of amides is 1. The van der Waals surface area contributed by atoms with E-state index in [1.807, 2.05) is 25.1 Å². The smallest absolute Gasteiger partial charge is 0.298 e. The van der Waals surface area contributed by atoms with Crippen molar-refractivity contribution in [2.24, 2.45) is 5.16 Å². The molecule has 0 saturated carbocycles. The van der Waals surface area contributed by atoms with Crippen molar-refractivity contribution in [3.05, 3.63) is 76.3 Å². The summed E-state index contributed by atoms with van der Waals surface area (Å²) < 4.78 is 14.1. The van der Waals surface area contributed by atoms with Crippen LogP contribution in [0.25, 0.3) is 5.57 Å². The van der Waals surface area contributed by atoms with Crippen molar-refractivity contribution in [3.63, 3.8) is 0 Å². The zero-order chi connectivity index (χ0) is 22.6. The Morgan fingerprint density at radius 1 is 1.35 bits per heavy atom. The highest BCUT2D eigenvalue weighted by molar-refractivity contribution is 6.32. The van der Waals surface area contributed by atoms with E-state index in [-0.39, 0.29) is 16.7 Å². The third-order valence-electron chi connectivity index (χ3n) is 4.51. The Kier molecular flexibility index (Phi) is 10.1. The van der Waals surface area contributed by atoms with Gasteiger partial charge in [0, 0.05) is 17.1 Å². The number of allylic oxidation sites excluding steroid dienone is 7. The van der Waals surface area contributed by atoms with Crippen molar-refractivity contribution in [3.8, 4) is 12.3 Å². The number of rotatable bonds is 7. The maximum absolute atomic E-state index is 14.1. The average molecular weight is 461 g/mol. The molecule has 0 fully saturated rings. The second kappa shape index (κ2) is 12.8. The Hall–Kier alpha value is -2.81. The lowest BCUT2D eigenvalue weighted by Crippen LogP contribution is -2.22. The standard InChI is InChI=1S/C24H23Cl2FN2O2/c1-3-19(26)16-20(14-15-25)28-24(30)31-29-23(4-2)18-9-7-8-17(12-13-18)21-10-5-6-11-22(21)27/h1,5-6,10-14,16H,4,7-9,15H2,2H3,(H,28,30)/b19-16+,20-14+,29-23+. The number of carbonyl (C=O) groups excluding carboxylic acids is 1. The molecule has 2 rings (SSSR count). The number of hydrogen-bond acceptors (Lipinski definition) is 3. The Labute approximate surface area is 192 Å². The van der Waals surface area contributed by atoms with Crippen molar-refractivity contribution in [2.45, 2.75) is 32.6 Å². The third kappa shape index (κ3) is 7.75. The van der Waals surface area contributed by atoms with Gasteiger partial charge in [0.2, 0.25) is 0 Å². The van der Waals surface area contributed by atoms with Gasteiger partial charge in [0.25, 0.3) is 0 Å². The number of alkyl halides is 1. The number of nitrogens with one attached hydrogen (secondary N) is 1. The van der Waals surface area contributed by atoms with Gasteiger partial charge in [-0.2, -0.15) is 0 Å². The summed E-state index contributed by atoms with van der Waals surface area (Å²) in [6.07, 6.45) is 14.0. The molecule has 162 valence electrons. The highest BCUT2D eigenvalue weighted by Gasteiger charge is 2.14. The van der Waals surface area contributed by atoms with Crippen LogP contribution in [0.2, 0.25) is 0 Å². The molecule has 0 spiro atoms. The number of halogens is 3. The van der Waals surface area contributed by atoms with Crippen LogP contribution in [0, 0.1) is 18.2 Å². The monoisotopic (exact) mass is 460 g/mol. The molecule has 0 bridgehead atoms. The van der Waals surface area contributed by atoms with Crippen LogP contribution in [0.5, 0.6) is 0 Å². The van der Waals surface area contributed by atoms with E-state index < -0.39 is 6.09 Å². The molecule has 7 heteroatoms. The molecule has 1 amide bonds. The highest BCUT2D eigenvalue weighted by atomic mass is 35.5. The number of oxime groups is 1. The zero-order valence-corrected chi connectivity index (χ0v) is 18.6. The van der Waals surface area contributed by atoms with Gasteiger partial charge in [0.05, 0.1) is 10.7 Å². The zero-order valence-electron chi connectivity index (χ0n) is 17.1. The lowest BCUT2D eigenvalue weighted by atomic mass is 10.00. The molecule has 31 heavy (non-hydrogen) atoms. The van der Waals surface area contributed by atoms with E-state index in [1.165, 1.54) is 18.2 Å². The van der Waals surface area contributed by atoms with Crippen LogP contribution in [0.15, 0.2) is 70.0 Å². The van der Waals surface area contributed by atoms with Crippen molar-refractivity contribution in [1.29, 1.82) is 0 Å². The molecule has 0 aliphatic heterocycles. The predicted molar refractivity (Wildman–Crippen MR) is 125 cm³/mol. The summed E-state index contributed by atoms with van der Waals surface area (Å²) in [5.41, 5.74) is 3.41. The number of carbonyl (C=O) groups is 1. The maximum Gasteiger partial charge on any atom is 0.437 e. The quantitative estimate of drug-likeness (QED) is 0.123. The third-order valence-corrected chi connectivity index (χ3v) is 4.88. The summed E-state index contributed by atoms with van der Waals surface area (Å²) in [7, 11) is 0. The lowest BCUT2D eigenvalue weighted by Gasteiger charge is -2.08. The van der Waals surface area contributed by atoms with Crippen molar-refractivity contribution in [2.75, 3.05) is 5.88 Å². The van der Waals surface area contributed by atoms with Crippen molar-refractivity contribution < 1.29 is 14.0 Å². The Bertz CT molecular complexity index is 1000. The Balaban J connectivity index is 2.14. The minimum Gasteiger partial charge on any atom is -0.298 e. The highest BCUT2D eigenvalue weighted by Crippen LogP contribution is 2.28. The van der Waals surface area contributed by atoms with Gasteiger partial charge in [-0.25, -0.2) is 9.18 Å². The van der Waals surface area contributed by atoms with Crippen LogP contribution in [-0.4, -0.2) is 17.7 Å². The fourth-order valence-corrected chi connectivity index (χ4v) is 3.30. The fourth-order valence-electron chi connectivity index (χ4n) is 3.02. The van der Waals surface area contributed by atoms with E-state index in [9.17, 15) is 9.18 Å². The first-order valence-electron chi connectivity index (χ1n) is 9.78. The van der Waals surface area contributed by atoms with E-state index in [2.05, 4.69) is 16.4 Å². The number of hydrogen-bond donors (Lipinski definition) is 1. The number of terminal acetylenes is 1. The Morgan fingerprint density at radius 2 is 2.13 bits per heavy atom. The molecule has 0 atom stereocenters. The van der Waals surface area contributed by atoms with Gasteiger partial charge in [-0.05, 0) is 55.0 Å². The van der Waals surface area contributed by atoms with Gasteiger partial charge in [0.1, 0.15) is 5.82 Å². The van der Waals surface area contributed by atoms with Crippen LogP contribution < -0.4 is 5.32 Å². The van der Waals surface area contributed by atoms with Crippen LogP contribution in [-0.2, 0) is 4.84 Å². The molecule has 0 heterocycles. The van der Waals surface area contributed by atoms with Crippen molar-refractivity contribution >= 4 is 40.6 Å². The van der Waals surface area contributed by atoms with Gasteiger partial charge in [-0.15, -0.1) is 18.0 Å². The molecule has 0 aromatic heterocycles. The number of benzene rings is 1. The summed E-state index contributed by atoms with van der Waals surface area (Å²) in [6, 6.07) is 6.72. The largest absolute Gasteiger partial charge is 0.437 e. The molecular weight excluding hydrogens is 438 g/mol. The van der Waals surface area contributed by atoms with Crippen LogP contribution in [0.4, 0.5) is 9.18 Å². The first-order chi connectivity index (χ1) is 15.0. The minimum atomic E-state index is -0.795. The van der Waals surface area contributed by atoms with Crippen molar-refractivity contribution in [1.82, 2.24) is 5.32 Å². The molecule has 1 aliphatic carbocycles. The molecule has 1 N–H and O–H groups in total. The molecule has 4 nitrogen and oxygen atoms in total. The first-order valence-corrected chi connectivity index (χ1v) is 10.7. The maximum atomic E-state index is 14.1. The van der Waals surface area contributed by atoms with Gasteiger partial charge < -0.3 is 0 Å². The molecular formula is C24H23Cl2FN2O2. The molecule has 0 unspecified atom stereocenters. The molecule has 1 aromatic rings. The normalized spacial score (nSPS) is 15.4. The van der Waals surface area contributed by atoms with E-state index in [4.69, 9.17) is 34.5 Å². The van der Waals surface area contributed by atoms with Crippen LogP contribution in [0.3, 0.4) is 0 Å². The van der Waals surface area contributed by atoms with Crippen LogP contribution >= 0.6 is 23.2 Å². The summed E-state index contributed by atoms with van der Waals surface area (Å²) in [5.74, 6) is 2.15. The van der Waals surface area contributed by atoms with Gasteiger partial charge in [-0.3, -0.25) is 10.2 Å². The van der Waals surface area contributed by atoms with E-state index >= 15 is 0 Å². The first kappa shape index (κ1) is 24.5. The van der Waals surface area contributed by atoms with E-state index in [0.29, 0.717) is 23.4 Å². The lowest BCUT2D eigenvalue weighted by molar-refractivity contribution is 0.154. The summed E-state index contributed by atoms with van der Waals surface area (Å²) in [4.78, 5) is 17.1. The summed E-state index contributed by atoms with van der Waals surface area (Å²) in [6.45, 7) is 1.92. The SMILES string of the molecule is C#C/C(Cl)=C\C(=C/CCl)NC(=O)O/N=C(\CC)C1=CC=C(c2ccccc2F)CCC1. The van der Waals surface area contributed by atoms with E-state index in [1.54, 1.807) is 12.1 Å². The Morgan fingerprint density at radius 3 is 2.81 bits per heavy atom. The second-order valence-electron chi connectivity index (χ2n) is 6.56. The molecule has 1 aromatic carbocycles. The minimum absolute atomic E-state index is 0.107. The van der Waals surface area contributed by atoms with E-state index in [0.717, 1.165) is 30.4 Å². The average Bonchev–Trinajstić information content (AvgIpc) is 3.01. The molecule has 1 aliphatic rings. The predicted octanol–water partition coefficient (Wildman–Crippen LogP) is 6.69. The van der Waals surface area contributed by atoms with Gasteiger partial charge in [0.15, 0.2) is 0 Å². The van der Waals surface area contributed by atoms with Gasteiger partial charge >= 0.3 is 6.09 Å². The number of nitrogens with zero attached hydrogens (tertiary/aromatic N) is 1. The topological polar surface area (TPSA) is 50.7 Å². The summed E-state index contributed by atoms with van der Waals surface area (Å²) in [5, 5.41) is 6.61.